The van der Waals surface area contributed by atoms with Gasteiger partial charge in [0.2, 0.25) is 0 Å². The van der Waals surface area contributed by atoms with E-state index in [0.717, 1.165) is 0 Å². The van der Waals surface area contributed by atoms with Crippen LogP contribution in [0.2, 0.25) is 0 Å². The van der Waals surface area contributed by atoms with E-state index in [4.69, 9.17) is 0 Å². The molecule has 4 nitrogen and oxygen atoms in total. The van der Waals surface area contributed by atoms with Gasteiger partial charge in [-0.2, -0.15) is 0 Å². The molecule has 4 heteroatoms. The fraction of sp³-hybridized carbons (Fsp3) is 0.500. The van der Waals surface area contributed by atoms with E-state index in [0.29, 0.717) is 12.7 Å². The Kier molecular flexibility index (Phi) is 4.11. The average molecular weight is 144 g/mol. The van der Waals surface area contributed by atoms with E-state index in [1.807, 2.05) is 0 Å². The lowest BCUT2D eigenvalue weighted by Gasteiger charge is -2.00. The molecule has 0 aromatic heterocycles. The van der Waals surface area contributed by atoms with Crippen LogP contribution in [0.4, 0.5) is 0 Å². The summed E-state index contributed by atoms with van der Waals surface area (Å²) in [6, 6.07) is 0. The maximum absolute atomic E-state index is 10.5. The Hall–Kier alpha value is -1.19. The SMILES string of the molecule is CCC(C=O)C(=O)OC=O. The van der Waals surface area contributed by atoms with E-state index < -0.39 is 11.9 Å². The third kappa shape index (κ3) is 2.39. The maximum atomic E-state index is 10.5. The summed E-state index contributed by atoms with van der Waals surface area (Å²) in [5.41, 5.74) is 0. The summed E-state index contributed by atoms with van der Waals surface area (Å²) in [4.78, 5) is 30.1. The van der Waals surface area contributed by atoms with Crippen LogP contribution in [-0.4, -0.2) is 18.7 Å². The molecule has 0 rings (SSSR count). The van der Waals surface area contributed by atoms with Crippen LogP contribution in [0.15, 0.2) is 0 Å². The summed E-state index contributed by atoms with van der Waals surface area (Å²) in [5, 5.41) is 0. The number of aldehydes is 1. The molecule has 0 aliphatic heterocycles. The second kappa shape index (κ2) is 4.67. The molecular formula is C6H8O4. The number of rotatable bonds is 4. The summed E-state index contributed by atoms with van der Waals surface area (Å²) in [6.07, 6.45) is 0.821. The van der Waals surface area contributed by atoms with Crippen molar-refractivity contribution >= 4 is 18.7 Å². The Bertz CT molecular complexity index is 141. The highest BCUT2D eigenvalue weighted by Crippen LogP contribution is 1.99. The second-order valence-corrected chi connectivity index (χ2v) is 1.68. The van der Waals surface area contributed by atoms with Crippen molar-refractivity contribution in [2.45, 2.75) is 13.3 Å². The minimum absolute atomic E-state index is 0.0223. The molecule has 0 radical (unpaired) electrons. The normalized spacial score (nSPS) is 11.7. The Balaban J connectivity index is 3.87. The van der Waals surface area contributed by atoms with Crippen LogP contribution in [0.5, 0.6) is 0 Å². The summed E-state index contributed by atoms with van der Waals surface area (Å²) in [6.45, 7) is 1.68. The summed E-state index contributed by atoms with van der Waals surface area (Å²) >= 11 is 0. The van der Waals surface area contributed by atoms with Crippen molar-refractivity contribution in [1.29, 1.82) is 0 Å². The summed E-state index contributed by atoms with van der Waals surface area (Å²) in [5.74, 6) is -1.59. The Morgan fingerprint density at radius 2 is 2.20 bits per heavy atom. The van der Waals surface area contributed by atoms with Gasteiger partial charge in [0, 0.05) is 0 Å². The second-order valence-electron chi connectivity index (χ2n) is 1.68. The number of ether oxygens (including phenoxy) is 1. The van der Waals surface area contributed by atoms with Crippen molar-refractivity contribution < 1.29 is 19.1 Å². The Morgan fingerprint density at radius 3 is 2.50 bits per heavy atom. The number of hydrogen-bond donors (Lipinski definition) is 0. The maximum Gasteiger partial charge on any atom is 0.323 e. The highest BCUT2D eigenvalue weighted by Gasteiger charge is 2.15. The highest BCUT2D eigenvalue weighted by atomic mass is 16.6. The predicted molar refractivity (Wildman–Crippen MR) is 32.0 cm³/mol. The zero-order chi connectivity index (χ0) is 7.98. The zero-order valence-electron chi connectivity index (χ0n) is 5.57. The fourth-order valence-electron chi connectivity index (χ4n) is 0.453. The molecule has 0 saturated carbocycles. The van der Waals surface area contributed by atoms with Gasteiger partial charge in [0.15, 0.2) is 0 Å². The first-order valence-electron chi connectivity index (χ1n) is 2.85. The van der Waals surface area contributed by atoms with Crippen LogP contribution in [0.25, 0.3) is 0 Å². The number of carbonyl (C=O) groups excluding carboxylic acids is 3. The molecule has 0 saturated heterocycles. The smallest absolute Gasteiger partial charge is 0.323 e. The molecule has 0 heterocycles. The van der Waals surface area contributed by atoms with Crippen molar-refractivity contribution in [2.24, 2.45) is 5.92 Å². The van der Waals surface area contributed by atoms with Gasteiger partial charge in [-0.15, -0.1) is 0 Å². The van der Waals surface area contributed by atoms with Gasteiger partial charge >= 0.3 is 12.4 Å². The molecule has 0 amide bonds. The van der Waals surface area contributed by atoms with E-state index >= 15 is 0 Å². The molecule has 0 bridgehead atoms. The Morgan fingerprint density at radius 1 is 1.60 bits per heavy atom. The number of carbonyl (C=O) groups is 3. The lowest BCUT2D eigenvalue weighted by atomic mass is 10.1. The number of esters is 1. The minimum atomic E-state index is -0.801. The van der Waals surface area contributed by atoms with E-state index in [1.165, 1.54) is 0 Å². The molecule has 0 aliphatic carbocycles. The van der Waals surface area contributed by atoms with Gasteiger partial charge in [0.05, 0.1) is 0 Å². The van der Waals surface area contributed by atoms with Gasteiger partial charge in [-0.1, -0.05) is 6.92 Å². The monoisotopic (exact) mass is 144 g/mol. The molecule has 0 N–H and O–H groups in total. The highest BCUT2D eigenvalue weighted by molar-refractivity contribution is 5.90. The van der Waals surface area contributed by atoms with Crippen molar-refractivity contribution in [3.8, 4) is 0 Å². The van der Waals surface area contributed by atoms with Crippen molar-refractivity contribution in [3.63, 3.8) is 0 Å². The molecule has 0 aromatic rings. The molecule has 0 aromatic carbocycles. The third-order valence-electron chi connectivity index (χ3n) is 1.07. The van der Waals surface area contributed by atoms with Gasteiger partial charge in [-0.05, 0) is 6.42 Å². The first-order valence-corrected chi connectivity index (χ1v) is 2.85. The molecule has 0 spiro atoms. The van der Waals surface area contributed by atoms with Crippen LogP contribution in [0.1, 0.15) is 13.3 Å². The molecule has 0 fully saturated rings. The largest absolute Gasteiger partial charge is 0.395 e. The van der Waals surface area contributed by atoms with Crippen LogP contribution < -0.4 is 0 Å². The zero-order valence-corrected chi connectivity index (χ0v) is 5.57. The lowest BCUT2D eigenvalue weighted by Crippen LogP contribution is -2.17. The van der Waals surface area contributed by atoms with E-state index in [1.54, 1.807) is 6.92 Å². The fourth-order valence-corrected chi connectivity index (χ4v) is 0.453. The van der Waals surface area contributed by atoms with Crippen LogP contribution in [-0.2, 0) is 19.1 Å². The van der Waals surface area contributed by atoms with Crippen molar-refractivity contribution in [2.75, 3.05) is 0 Å². The van der Waals surface area contributed by atoms with E-state index in [2.05, 4.69) is 4.74 Å². The molecule has 0 aliphatic rings. The standard InChI is InChI=1S/C6H8O4/c1-2-5(3-7)6(9)10-4-8/h3-5H,2H2,1H3. The first-order chi connectivity index (χ1) is 4.76. The predicted octanol–water partition coefficient (Wildman–Crippen LogP) is -0.0889. The van der Waals surface area contributed by atoms with Crippen LogP contribution in [0.3, 0.4) is 0 Å². The van der Waals surface area contributed by atoms with Gasteiger partial charge in [-0.3, -0.25) is 9.59 Å². The molecule has 56 valence electrons. The van der Waals surface area contributed by atoms with E-state index in [-0.39, 0.29) is 6.47 Å². The lowest BCUT2D eigenvalue weighted by molar-refractivity contribution is -0.155. The molecule has 1 atom stereocenters. The van der Waals surface area contributed by atoms with Gasteiger partial charge in [0.25, 0.3) is 0 Å². The van der Waals surface area contributed by atoms with Gasteiger partial charge in [0.1, 0.15) is 12.2 Å². The van der Waals surface area contributed by atoms with Crippen LogP contribution in [0, 0.1) is 5.92 Å². The van der Waals surface area contributed by atoms with E-state index in [9.17, 15) is 14.4 Å². The minimum Gasteiger partial charge on any atom is -0.395 e. The summed E-state index contributed by atoms with van der Waals surface area (Å²) in [7, 11) is 0. The van der Waals surface area contributed by atoms with Crippen molar-refractivity contribution in [1.82, 2.24) is 0 Å². The van der Waals surface area contributed by atoms with Crippen LogP contribution >= 0.6 is 0 Å². The summed E-state index contributed by atoms with van der Waals surface area (Å²) < 4.78 is 3.94. The van der Waals surface area contributed by atoms with Gasteiger partial charge in [-0.25, -0.2) is 0 Å². The molecule has 1 unspecified atom stereocenters. The topological polar surface area (TPSA) is 60.4 Å². The average Bonchev–Trinajstić information content (AvgIpc) is 1.91. The third-order valence-corrected chi connectivity index (χ3v) is 1.07. The molecule has 10 heavy (non-hydrogen) atoms. The number of hydrogen-bond acceptors (Lipinski definition) is 4. The quantitative estimate of drug-likeness (QED) is 0.314. The molecular weight excluding hydrogens is 136 g/mol. The first kappa shape index (κ1) is 8.81. The van der Waals surface area contributed by atoms with Gasteiger partial charge < -0.3 is 9.53 Å². The Labute approximate surface area is 58.2 Å². The van der Waals surface area contributed by atoms with Crippen molar-refractivity contribution in [3.05, 3.63) is 0 Å².